The molecule has 1 aromatic heterocycles. The Kier molecular flexibility index (Phi) is 5.14. The topological polar surface area (TPSA) is 45.8 Å². The molecule has 0 unspecified atom stereocenters. The Morgan fingerprint density at radius 3 is 2.28 bits per heavy atom. The van der Waals surface area contributed by atoms with Crippen molar-refractivity contribution in [1.29, 1.82) is 5.26 Å². The second kappa shape index (κ2) is 6.32. The van der Waals surface area contributed by atoms with E-state index in [2.05, 4.69) is 0 Å². The molecular formula is C13H6Cl4F4N2OS. The van der Waals surface area contributed by atoms with Crippen LogP contribution in [0, 0.1) is 11.3 Å². The molecule has 25 heavy (non-hydrogen) atoms. The lowest BCUT2D eigenvalue weighted by Crippen LogP contribution is -2.19. The summed E-state index contributed by atoms with van der Waals surface area (Å²) < 4.78 is 64.6. The predicted molar refractivity (Wildman–Crippen MR) is 89.6 cm³/mol. The molecule has 12 heteroatoms. The van der Waals surface area contributed by atoms with Crippen LogP contribution in [0.15, 0.2) is 29.3 Å². The Labute approximate surface area is 158 Å². The normalized spacial score (nSPS) is 14.0. The van der Waals surface area contributed by atoms with Crippen molar-refractivity contribution in [2.75, 3.05) is 6.01 Å². The first-order valence-electron chi connectivity index (χ1n) is 6.14. The maximum absolute atomic E-state index is 13.1. The average Bonchev–Trinajstić information content (AvgIpc) is 2.84. The van der Waals surface area contributed by atoms with Crippen molar-refractivity contribution in [1.82, 2.24) is 4.57 Å². The zero-order valence-electron chi connectivity index (χ0n) is 11.8. The Hall–Kier alpha value is -0.980. The molecule has 0 aliphatic heterocycles. The van der Waals surface area contributed by atoms with E-state index in [1.54, 1.807) is 6.07 Å². The summed E-state index contributed by atoms with van der Waals surface area (Å²) in [5, 5.41) is 8.42. The summed E-state index contributed by atoms with van der Waals surface area (Å²) in [6, 6.07) is 2.26. The van der Waals surface area contributed by atoms with Gasteiger partial charge >= 0.3 is 6.18 Å². The molecule has 0 N–H and O–H groups in total. The van der Waals surface area contributed by atoms with Crippen LogP contribution in [0.2, 0.25) is 10.2 Å². The maximum atomic E-state index is 13.1. The van der Waals surface area contributed by atoms with E-state index in [-0.39, 0.29) is 15.9 Å². The third-order valence-electron chi connectivity index (χ3n) is 3.15. The molecule has 0 radical (unpaired) electrons. The van der Waals surface area contributed by atoms with Gasteiger partial charge in [-0.2, -0.15) is 18.4 Å². The SMILES string of the molecule is N#Cc1c(S(=O)(Cl)(Cl)CF)cn(-c2ccc(C(F)(F)F)cc2Cl)c1Cl. The van der Waals surface area contributed by atoms with Crippen LogP contribution in [0.4, 0.5) is 17.6 Å². The average molecular weight is 456 g/mol. The van der Waals surface area contributed by atoms with E-state index in [0.717, 1.165) is 22.9 Å². The summed E-state index contributed by atoms with van der Waals surface area (Å²) in [5.74, 6) is 0. The van der Waals surface area contributed by atoms with E-state index < -0.39 is 35.7 Å². The maximum Gasteiger partial charge on any atom is 0.416 e. The lowest BCUT2D eigenvalue weighted by atomic mass is 10.2. The van der Waals surface area contributed by atoms with Crippen molar-refractivity contribution in [3.63, 3.8) is 0 Å². The van der Waals surface area contributed by atoms with E-state index in [4.69, 9.17) is 49.8 Å². The Morgan fingerprint density at radius 1 is 1.24 bits per heavy atom. The monoisotopic (exact) mass is 454 g/mol. The minimum atomic E-state index is -5.05. The fourth-order valence-corrected chi connectivity index (χ4v) is 4.22. The van der Waals surface area contributed by atoms with Gasteiger partial charge in [-0.05, 0) is 39.6 Å². The molecule has 136 valence electrons. The van der Waals surface area contributed by atoms with Crippen molar-refractivity contribution in [3.8, 4) is 11.8 Å². The summed E-state index contributed by atoms with van der Waals surface area (Å²) in [4.78, 5) is -0.578. The smallest absolute Gasteiger partial charge is 0.304 e. The van der Waals surface area contributed by atoms with Gasteiger partial charge in [0.25, 0.3) is 0 Å². The third-order valence-corrected chi connectivity index (χ3v) is 6.81. The van der Waals surface area contributed by atoms with Gasteiger partial charge in [-0.15, -0.1) is 0 Å². The van der Waals surface area contributed by atoms with Gasteiger partial charge < -0.3 is 4.57 Å². The van der Waals surface area contributed by atoms with Crippen LogP contribution in [-0.2, 0) is 13.7 Å². The number of benzene rings is 1. The molecule has 2 rings (SSSR count). The highest BCUT2D eigenvalue weighted by molar-refractivity contribution is 8.53. The van der Waals surface area contributed by atoms with Gasteiger partial charge in [-0.3, -0.25) is 0 Å². The third kappa shape index (κ3) is 3.76. The quantitative estimate of drug-likeness (QED) is 0.415. The highest BCUT2D eigenvalue weighted by Gasteiger charge is 2.40. The Bertz CT molecular complexity index is 958. The minimum absolute atomic E-state index is 0.0715. The zero-order chi connectivity index (χ0) is 19.2. The molecule has 0 aliphatic carbocycles. The first-order valence-corrected chi connectivity index (χ1v) is 10.7. The summed E-state index contributed by atoms with van der Waals surface area (Å²) in [6.07, 6.45) is -3.71. The van der Waals surface area contributed by atoms with Gasteiger partial charge in [-0.1, -0.05) is 23.2 Å². The fraction of sp³-hybridized carbons (Fsp3) is 0.154. The Morgan fingerprint density at radius 2 is 1.84 bits per heavy atom. The molecule has 0 saturated heterocycles. The highest BCUT2D eigenvalue weighted by Crippen LogP contribution is 2.49. The molecule has 0 spiro atoms. The van der Waals surface area contributed by atoms with E-state index >= 15 is 0 Å². The number of nitriles is 1. The van der Waals surface area contributed by atoms with Crippen LogP contribution < -0.4 is 0 Å². The van der Waals surface area contributed by atoms with Crippen LogP contribution in [0.1, 0.15) is 11.1 Å². The number of aromatic nitrogens is 1. The fourth-order valence-electron chi connectivity index (χ4n) is 1.96. The van der Waals surface area contributed by atoms with E-state index in [1.807, 2.05) is 0 Å². The van der Waals surface area contributed by atoms with E-state index in [0.29, 0.717) is 6.07 Å². The summed E-state index contributed by atoms with van der Waals surface area (Å²) in [5.41, 5.74) is -1.55. The van der Waals surface area contributed by atoms with Crippen LogP contribution in [0.3, 0.4) is 0 Å². The molecule has 0 atom stereocenters. The number of halogens is 8. The predicted octanol–water partition coefficient (Wildman–Crippen LogP) is 6.09. The van der Waals surface area contributed by atoms with Crippen LogP contribution in [0.5, 0.6) is 0 Å². The second-order valence-corrected chi connectivity index (χ2v) is 12.4. The van der Waals surface area contributed by atoms with Crippen molar-refractivity contribution in [3.05, 3.63) is 45.7 Å². The number of hydrogen-bond acceptors (Lipinski definition) is 2. The highest BCUT2D eigenvalue weighted by atomic mass is 36.0. The number of rotatable bonds is 3. The van der Waals surface area contributed by atoms with Crippen LogP contribution in [-0.4, -0.2) is 14.8 Å². The van der Waals surface area contributed by atoms with E-state index in [1.165, 1.54) is 0 Å². The Balaban J connectivity index is 2.73. The van der Waals surface area contributed by atoms with Gasteiger partial charge in [0.15, 0.2) is 6.01 Å². The van der Waals surface area contributed by atoms with Crippen molar-refractivity contribution >= 4 is 52.1 Å². The largest absolute Gasteiger partial charge is 0.416 e. The number of hydrogen-bond donors (Lipinski definition) is 0. The van der Waals surface area contributed by atoms with Crippen molar-refractivity contribution < 1.29 is 21.8 Å². The molecule has 0 aliphatic rings. The summed E-state index contributed by atoms with van der Waals surface area (Å²) in [7, 11) is 6.19. The van der Waals surface area contributed by atoms with Crippen LogP contribution >= 0.6 is 44.6 Å². The standard InChI is InChI=1S/C13H6Cl4F4N2OS/c14-9-3-7(13(19,20)21)1-2-10(9)23-5-11(8(4-22)12(23)15)25(16,17,24)6-18/h1-3,5H,6H2. The lowest BCUT2D eigenvalue weighted by molar-refractivity contribution is -0.137. The molecule has 1 heterocycles. The van der Waals surface area contributed by atoms with Gasteiger partial charge in [0.1, 0.15) is 16.8 Å². The summed E-state index contributed by atoms with van der Waals surface area (Å²) in [6.45, 7) is 0. The van der Waals surface area contributed by atoms with Gasteiger partial charge in [0.05, 0.1) is 28.7 Å². The van der Waals surface area contributed by atoms with E-state index in [9.17, 15) is 21.8 Å². The van der Waals surface area contributed by atoms with Crippen LogP contribution in [0.25, 0.3) is 5.69 Å². The zero-order valence-corrected chi connectivity index (χ0v) is 15.6. The van der Waals surface area contributed by atoms with Gasteiger partial charge in [-0.25, -0.2) is 8.60 Å². The molecule has 3 nitrogen and oxygen atoms in total. The number of nitrogens with zero attached hydrogens (tertiary/aromatic N) is 2. The second-order valence-electron chi connectivity index (χ2n) is 4.82. The molecule has 0 bridgehead atoms. The summed E-state index contributed by atoms with van der Waals surface area (Å²) >= 11 is 11.8. The first-order chi connectivity index (χ1) is 11.3. The van der Waals surface area contributed by atoms with Crippen molar-refractivity contribution in [2.45, 2.75) is 11.1 Å². The van der Waals surface area contributed by atoms with Gasteiger partial charge in [0.2, 0.25) is 0 Å². The molecule has 0 amide bonds. The molecular weight excluding hydrogens is 450 g/mol. The van der Waals surface area contributed by atoms with Gasteiger partial charge in [0, 0.05) is 6.20 Å². The lowest BCUT2D eigenvalue weighted by Gasteiger charge is -2.23. The van der Waals surface area contributed by atoms with Crippen molar-refractivity contribution in [2.24, 2.45) is 0 Å². The molecule has 0 saturated carbocycles. The minimum Gasteiger partial charge on any atom is -0.304 e. The number of alkyl halides is 4. The molecule has 0 fully saturated rings. The molecule has 2 aromatic rings. The molecule has 1 aromatic carbocycles. The first kappa shape index (κ1) is 20.3.